The molecule has 0 spiro atoms. The van der Waals surface area contributed by atoms with Gasteiger partial charge in [-0.1, -0.05) is 37.9 Å². The van der Waals surface area contributed by atoms with E-state index in [0.717, 1.165) is 0 Å². The number of esters is 2. The first-order valence-corrected chi connectivity index (χ1v) is 6.94. The molecule has 1 heterocycles. The number of hydrogen-bond donors (Lipinski definition) is 0. The molecule has 1 aliphatic carbocycles. The molecule has 15 heavy (non-hydrogen) atoms. The van der Waals surface area contributed by atoms with Gasteiger partial charge in [-0.05, 0) is 31.9 Å². The Morgan fingerprint density at radius 2 is 1.87 bits per heavy atom. The summed E-state index contributed by atoms with van der Waals surface area (Å²) in [5, 5.41) is 0. The SMILES string of the molecule is O=C1OC(=O)C2(Br)C(Br)=C(Br)C(Br)=CC12. The second-order valence-electron chi connectivity index (χ2n) is 3.04. The number of halogens is 4. The third-order valence-corrected chi connectivity index (χ3v) is 7.52. The lowest BCUT2D eigenvalue weighted by atomic mass is 9.90. The van der Waals surface area contributed by atoms with Gasteiger partial charge in [-0.25, -0.2) is 4.79 Å². The molecule has 0 aromatic rings. The van der Waals surface area contributed by atoms with Gasteiger partial charge in [-0.15, -0.1) is 0 Å². The van der Waals surface area contributed by atoms with Gasteiger partial charge in [0.2, 0.25) is 0 Å². The minimum Gasteiger partial charge on any atom is -0.391 e. The van der Waals surface area contributed by atoms with E-state index in [9.17, 15) is 9.59 Å². The first kappa shape index (κ1) is 12.0. The van der Waals surface area contributed by atoms with Crippen LogP contribution in [0.1, 0.15) is 0 Å². The van der Waals surface area contributed by atoms with Gasteiger partial charge in [0.15, 0.2) is 4.32 Å². The van der Waals surface area contributed by atoms with E-state index < -0.39 is 22.2 Å². The highest BCUT2D eigenvalue weighted by molar-refractivity contribution is 9.17. The predicted molar refractivity (Wildman–Crippen MR) is 68.1 cm³/mol. The molecule has 2 rings (SSSR count). The molecule has 1 saturated heterocycles. The number of carbonyl (C=O) groups is 2. The Morgan fingerprint density at radius 1 is 1.27 bits per heavy atom. The highest BCUT2D eigenvalue weighted by atomic mass is 79.9. The van der Waals surface area contributed by atoms with Crippen LogP contribution < -0.4 is 0 Å². The monoisotopic (exact) mass is 462 g/mol. The average molecular weight is 466 g/mol. The highest BCUT2D eigenvalue weighted by Gasteiger charge is 2.59. The van der Waals surface area contributed by atoms with Crippen molar-refractivity contribution in [2.75, 3.05) is 0 Å². The van der Waals surface area contributed by atoms with Crippen molar-refractivity contribution in [2.24, 2.45) is 5.92 Å². The third-order valence-electron chi connectivity index (χ3n) is 2.21. The molecule has 1 fully saturated rings. The van der Waals surface area contributed by atoms with Crippen LogP contribution >= 0.6 is 63.7 Å². The van der Waals surface area contributed by atoms with E-state index >= 15 is 0 Å². The zero-order valence-corrected chi connectivity index (χ0v) is 13.2. The zero-order chi connectivity index (χ0) is 11.4. The number of alkyl halides is 1. The second kappa shape index (κ2) is 3.78. The van der Waals surface area contributed by atoms with Crippen molar-refractivity contribution >= 4 is 75.7 Å². The first-order chi connectivity index (χ1) is 6.89. The Balaban J connectivity index is 2.64. The van der Waals surface area contributed by atoms with E-state index in [1.54, 1.807) is 6.08 Å². The maximum absolute atomic E-state index is 11.6. The summed E-state index contributed by atoms with van der Waals surface area (Å²) in [7, 11) is 0. The molecule has 3 nitrogen and oxygen atoms in total. The largest absolute Gasteiger partial charge is 0.391 e. The number of cyclic esters (lactones) is 2. The van der Waals surface area contributed by atoms with Gasteiger partial charge in [0.1, 0.15) is 5.92 Å². The van der Waals surface area contributed by atoms with Gasteiger partial charge in [-0.2, -0.15) is 0 Å². The summed E-state index contributed by atoms with van der Waals surface area (Å²) >= 11 is 13.1. The van der Waals surface area contributed by atoms with E-state index in [-0.39, 0.29) is 0 Å². The summed E-state index contributed by atoms with van der Waals surface area (Å²) in [5.74, 6) is -1.79. The van der Waals surface area contributed by atoms with Crippen LogP contribution in [0, 0.1) is 5.92 Å². The van der Waals surface area contributed by atoms with Crippen LogP contribution in [0.2, 0.25) is 0 Å². The number of hydrogen-bond acceptors (Lipinski definition) is 3. The topological polar surface area (TPSA) is 43.4 Å². The Kier molecular flexibility index (Phi) is 3.03. The van der Waals surface area contributed by atoms with Gasteiger partial charge < -0.3 is 4.74 Å². The van der Waals surface area contributed by atoms with Crippen molar-refractivity contribution < 1.29 is 14.3 Å². The molecule has 80 valence electrons. The zero-order valence-electron chi connectivity index (χ0n) is 6.89. The molecule has 0 bridgehead atoms. The summed E-state index contributed by atoms with van der Waals surface area (Å²) in [5.41, 5.74) is 0. The maximum Gasteiger partial charge on any atom is 0.336 e. The summed E-state index contributed by atoms with van der Waals surface area (Å²) in [6, 6.07) is 0. The van der Waals surface area contributed by atoms with E-state index in [4.69, 9.17) is 0 Å². The van der Waals surface area contributed by atoms with Crippen LogP contribution in [0.4, 0.5) is 0 Å². The van der Waals surface area contributed by atoms with Crippen LogP contribution in [-0.2, 0) is 14.3 Å². The van der Waals surface area contributed by atoms with Crippen LogP contribution in [0.3, 0.4) is 0 Å². The van der Waals surface area contributed by atoms with Gasteiger partial charge in [0.05, 0.1) is 0 Å². The number of ether oxygens (including phenoxy) is 1. The van der Waals surface area contributed by atoms with Crippen molar-refractivity contribution in [1.82, 2.24) is 0 Å². The molecule has 0 aromatic heterocycles. The first-order valence-electron chi connectivity index (χ1n) is 3.77. The number of rotatable bonds is 0. The fraction of sp³-hybridized carbons (Fsp3) is 0.250. The van der Waals surface area contributed by atoms with Crippen molar-refractivity contribution in [3.63, 3.8) is 0 Å². The highest BCUT2D eigenvalue weighted by Crippen LogP contribution is 2.53. The fourth-order valence-electron chi connectivity index (χ4n) is 1.41. The molecule has 0 saturated carbocycles. The number of carbonyl (C=O) groups excluding carboxylic acids is 2. The third kappa shape index (κ3) is 1.54. The normalized spacial score (nSPS) is 35.2. The molecule has 0 radical (unpaired) electrons. The van der Waals surface area contributed by atoms with Crippen LogP contribution in [-0.4, -0.2) is 16.3 Å². The lowest BCUT2D eigenvalue weighted by Gasteiger charge is -2.26. The summed E-state index contributed by atoms with van der Waals surface area (Å²) in [4.78, 5) is 23.0. The minimum absolute atomic E-state index is 0.547. The summed E-state index contributed by atoms with van der Waals surface area (Å²) in [6.45, 7) is 0. The summed E-state index contributed by atoms with van der Waals surface area (Å²) in [6.07, 6.45) is 1.64. The van der Waals surface area contributed by atoms with Crippen molar-refractivity contribution in [3.05, 3.63) is 19.5 Å². The number of allylic oxidation sites excluding steroid dienone is 2. The van der Waals surface area contributed by atoms with Crippen LogP contribution in [0.25, 0.3) is 0 Å². The Morgan fingerprint density at radius 3 is 2.47 bits per heavy atom. The van der Waals surface area contributed by atoms with E-state index in [0.29, 0.717) is 13.4 Å². The van der Waals surface area contributed by atoms with Crippen LogP contribution in [0.15, 0.2) is 19.5 Å². The lowest BCUT2D eigenvalue weighted by Crippen LogP contribution is -2.36. The molecule has 2 atom stereocenters. The van der Waals surface area contributed by atoms with Crippen molar-refractivity contribution in [2.45, 2.75) is 4.32 Å². The minimum atomic E-state index is -1.12. The van der Waals surface area contributed by atoms with Gasteiger partial charge >= 0.3 is 11.9 Å². The molecular formula is C8H2Br4O3. The Labute approximate surface area is 119 Å². The molecule has 2 aliphatic rings. The molecular weight excluding hydrogens is 464 g/mol. The fourth-order valence-corrected chi connectivity index (χ4v) is 4.07. The standard InChI is InChI=1S/C8H2Br4O3/c9-3-1-2-6(13)15-7(14)8(2,12)5(11)4(3)10/h1-2H. The van der Waals surface area contributed by atoms with E-state index in [1.807, 2.05) is 0 Å². The van der Waals surface area contributed by atoms with E-state index in [2.05, 4.69) is 68.5 Å². The summed E-state index contributed by atoms with van der Waals surface area (Å²) < 4.78 is 5.42. The molecule has 0 aromatic carbocycles. The lowest BCUT2D eigenvalue weighted by molar-refractivity contribution is -0.152. The molecule has 7 heteroatoms. The van der Waals surface area contributed by atoms with E-state index in [1.165, 1.54) is 0 Å². The number of fused-ring (bicyclic) bond motifs is 1. The average Bonchev–Trinajstić information content (AvgIpc) is 2.39. The maximum atomic E-state index is 11.6. The van der Waals surface area contributed by atoms with Crippen LogP contribution in [0.5, 0.6) is 0 Å². The second-order valence-corrected chi connectivity index (χ2v) is 6.73. The van der Waals surface area contributed by atoms with Crippen molar-refractivity contribution in [3.8, 4) is 0 Å². The Hall–Kier alpha value is 0.540. The smallest absolute Gasteiger partial charge is 0.336 e. The van der Waals surface area contributed by atoms with Crippen molar-refractivity contribution in [1.29, 1.82) is 0 Å². The molecule has 0 N–H and O–H groups in total. The van der Waals surface area contributed by atoms with Gasteiger partial charge in [0, 0.05) is 13.4 Å². The molecule has 2 unspecified atom stereocenters. The molecule has 1 aliphatic heterocycles. The van der Waals surface area contributed by atoms with Gasteiger partial charge in [-0.3, -0.25) is 4.79 Å². The molecule has 0 amide bonds. The Bertz CT molecular complexity index is 439. The quantitative estimate of drug-likeness (QED) is 0.314. The predicted octanol–water partition coefficient (Wildman–Crippen LogP) is 3.11. The van der Waals surface area contributed by atoms with Gasteiger partial charge in [0.25, 0.3) is 0 Å².